The van der Waals surface area contributed by atoms with E-state index in [2.05, 4.69) is 30.0 Å². The number of oxime groups is 2. The zero-order valence-electron chi connectivity index (χ0n) is 16.3. The van der Waals surface area contributed by atoms with Crippen molar-refractivity contribution in [2.45, 2.75) is 34.1 Å². The number of hydrogen-bond acceptors (Lipinski definition) is 12. The minimum Gasteiger partial charge on any atom is -0.461 e. The van der Waals surface area contributed by atoms with Crippen LogP contribution in [0.1, 0.15) is 34.1 Å². The minimum atomic E-state index is -0.948. The van der Waals surface area contributed by atoms with Gasteiger partial charge in [0.1, 0.15) is 6.42 Å². The maximum absolute atomic E-state index is 11.7. The van der Waals surface area contributed by atoms with Gasteiger partial charge in [0.25, 0.3) is 0 Å². The molecule has 0 heterocycles. The second-order valence-electron chi connectivity index (χ2n) is 4.98. The largest absolute Gasteiger partial charge is 0.461 e. The molecule has 0 aliphatic rings. The van der Waals surface area contributed by atoms with Crippen LogP contribution in [0.4, 0.5) is 0 Å². The first-order chi connectivity index (χ1) is 13.7. The summed E-state index contributed by atoms with van der Waals surface area (Å²) in [6.45, 7) is 5.71. The number of rotatable bonds is 10. The van der Waals surface area contributed by atoms with Crippen LogP contribution in [0, 0.1) is 0 Å². The zero-order chi connectivity index (χ0) is 22.4. The van der Waals surface area contributed by atoms with E-state index in [4.69, 9.17) is 10.4 Å². The summed E-state index contributed by atoms with van der Waals surface area (Å²) in [5, 5.41) is 30.2. The molecule has 0 aliphatic carbocycles. The van der Waals surface area contributed by atoms with Crippen molar-refractivity contribution in [2.75, 3.05) is 13.2 Å². The van der Waals surface area contributed by atoms with Crippen molar-refractivity contribution in [1.82, 2.24) is 10.9 Å². The third-order valence-electron chi connectivity index (χ3n) is 2.84. The van der Waals surface area contributed by atoms with Crippen molar-refractivity contribution in [3.63, 3.8) is 0 Å². The van der Waals surface area contributed by atoms with Crippen LogP contribution >= 0.6 is 0 Å². The topological polar surface area (TPSA) is 201 Å². The molecule has 14 nitrogen and oxygen atoms in total. The molecule has 0 aromatic carbocycles. The number of nitrogens with one attached hydrogen (secondary N) is 2. The summed E-state index contributed by atoms with van der Waals surface area (Å²) in [5.41, 5.74) is 2.60. The molecule has 0 atom stereocenters. The molecule has 0 aromatic heterocycles. The molecule has 0 radical (unpaired) electrons. The Bertz CT molecular complexity index is 694. The number of esters is 2. The van der Waals surface area contributed by atoms with Crippen molar-refractivity contribution in [2.24, 2.45) is 20.5 Å². The van der Waals surface area contributed by atoms with E-state index >= 15 is 0 Å². The van der Waals surface area contributed by atoms with Crippen LogP contribution in [0.3, 0.4) is 0 Å². The van der Waals surface area contributed by atoms with Crippen molar-refractivity contribution < 1.29 is 39.1 Å². The second-order valence-corrected chi connectivity index (χ2v) is 4.98. The van der Waals surface area contributed by atoms with Gasteiger partial charge < -0.3 is 19.9 Å². The molecule has 14 heteroatoms. The smallest absolute Gasteiger partial charge is 0.362 e. The highest BCUT2D eigenvalue weighted by molar-refractivity contribution is 6.65. The summed E-state index contributed by atoms with van der Waals surface area (Å²) in [6.07, 6.45) is -0.719. The molecule has 0 aromatic rings. The molecular formula is C15H22N6O8. The summed E-state index contributed by atoms with van der Waals surface area (Å²) in [5.74, 6) is -3.65. The van der Waals surface area contributed by atoms with E-state index in [-0.39, 0.29) is 24.6 Å². The Balaban J connectivity index is 4.81. The quantitative estimate of drug-likeness (QED) is 0.116. The number of ether oxygens (including phenoxy) is 2. The Labute approximate surface area is 165 Å². The van der Waals surface area contributed by atoms with Crippen molar-refractivity contribution >= 4 is 46.6 Å². The van der Waals surface area contributed by atoms with E-state index in [0.29, 0.717) is 0 Å². The van der Waals surface area contributed by atoms with Crippen LogP contribution in [-0.4, -0.2) is 70.2 Å². The van der Waals surface area contributed by atoms with Crippen LogP contribution in [0.2, 0.25) is 0 Å². The van der Waals surface area contributed by atoms with Crippen LogP contribution < -0.4 is 10.9 Å². The van der Waals surface area contributed by atoms with E-state index in [0.717, 1.165) is 0 Å². The average molecular weight is 414 g/mol. The molecule has 0 fully saturated rings. The van der Waals surface area contributed by atoms with Crippen LogP contribution in [-0.2, 0) is 28.7 Å². The highest BCUT2D eigenvalue weighted by atomic mass is 16.5. The summed E-state index contributed by atoms with van der Waals surface area (Å²) in [4.78, 5) is 46.4. The predicted molar refractivity (Wildman–Crippen MR) is 98.8 cm³/mol. The van der Waals surface area contributed by atoms with Crippen molar-refractivity contribution in [3.8, 4) is 0 Å². The first kappa shape index (κ1) is 25.2. The zero-order valence-corrected chi connectivity index (χ0v) is 16.3. The summed E-state index contributed by atoms with van der Waals surface area (Å²) < 4.78 is 9.28. The van der Waals surface area contributed by atoms with E-state index in [1.165, 1.54) is 13.8 Å². The molecule has 0 bridgehead atoms. The lowest BCUT2D eigenvalue weighted by molar-refractivity contribution is -0.135. The maximum Gasteiger partial charge on any atom is 0.362 e. The number of carbonyl (C=O) groups is 4. The standard InChI is InChI=1S/C15H22N6O8/c1-5-28-14(24)12(20-26)8(3)16-18-10(22)7-11(23)19-17-9(4)13(21-27)15(25)29-6-2/h26-27H,5-7H2,1-4H3,(H,18,22)(H,19,23)/b16-8+,17-9+,20-12-,21-13+. The van der Waals surface area contributed by atoms with Gasteiger partial charge in [0.2, 0.25) is 23.2 Å². The van der Waals surface area contributed by atoms with Gasteiger partial charge in [-0.05, 0) is 27.7 Å². The summed E-state index contributed by atoms with van der Waals surface area (Å²) in [6, 6.07) is 0. The van der Waals surface area contributed by atoms with Gasteiger partial charge in [0.05, 0.1) is 24.6 Å². The fourth-order valence-corrected chi connectivity index (χ4v) is 1.54. The molecular weight excluding hydrogens is 392 g/mol. The van der Waals surface area contributed by atoms with Gasteiger partial charge in [-0.1, -0.05) is 10.3 Å². The number of hydrogen-bond donors (Lipinski definition) is 4. The molecule has 29 heavy (non-hydrogen) atoms. The van der Waals surface area contributed by atoms with E-state index in [9.17, 15) is 19.2 Å². The van der Waals surface area contributed by atoms with Gasteiger partial charge in [-0.25, -0.2) is 20.4 Å². The van der Waals surface area contributed by atoms with Crippen molar-refractivity contribution in [1.29, 1.82) is 0 Å². The molecule has 2 amide bonds. The Morgan fingerprint density at radius 3 is 1.38 bits per heavy atom. The van der Waals surface area contributed by atoms with E-state index in [1.54, 1.807) is 13.8 Å². The number of carbonyl (C=O) groups excluding carboxylic acids is 4. The first-order valence-corrected chi connectivity index (χ1v) is 8.17. The SMILES string of the molecule is CCOC(=O)C(=N\O)/C(C)=N/NC(=O)CC(=O)N/N=C(C)/C(=N\O)C(=O)OCC. The Hall–Kier alpha value is -3.84. The lowest BCUT2D eigenvalue weighted by Gasteiger charge is -2.05. The van der Waals surface area contributed by atoms with E-state index in [1.807, 2.05) is 10.9 Å². The lowest BCUT2D eigenvalue weighted by Crippen LogP contribution is -2.32. The highest BCUT2D eigenvalue weighted by Crippen LogP contribution is 1.92. The van der Waals surface area contributed by atoms with Crippen LogP contribution in [0.25, 0.3) is 0 Å². The average Bonchev–Trinajstić information content (AvgIpc) is 2.66. The third-order valence-corrected chi connectivity index (χ3v) is 2.84. The Kier molecular flexibility index (Phi) is 11.6. The molecule has 0 unspecified atom stereocenters. The van der Waals surface area contributed by atoms with Crippen LogP contribution in [0.5, 0.6) is 0 Å². The van der Waals surface area contributed by atoms with Gasteiger partial charge in [-0.15, -0.1) is 0 Å². The molecule has 160 valence electrons. The van der Waals surface area contributed by atoms with Crippen LogP contribution in [0.15, 0.2) is 20.5 Å². The van der Waals surface area contributed by atoms with Crippen molar-refractivity contribution in [3.05, 3.63) is 0 Å². The number of nitrogens with zero attached hydrogens (tertiary/aromatic N) is 4. The minimum absolute atomic E-state index is 0.0382. The van der Waals surface area contributed by atoms with Gasteiger partial charge in [-0.2, -0.15) is 10.2 Å². The molecule has 0 saturated carbocycles. The fourth-order valence-electron chi connectivity index (χ4n) is 1.54. The normalized spacial score (nSPS) is 12.8. The van der Waals surface area contributed by atoms with Gasteiger partial charge >= 0.3 is 11.9 Å². The molecule has 0 aliphatic heterocycles. The first-order valence-electron chi connectivity index (χ1n) is 8.17. The highest BCUT2D eigenvalue weighted by Gasteiger charge is 2.19. The predicted octanol–water partition coefficient (Wildman–Crippen LogP) is -0.853. The molecule has 0 saturated heterocycles. The Morgan fingerprint density at radius 1 is 0.759 bits per heavy atom. The number of hydrazone groups is 2. The molecule has 0 rings (SSSR count). The third kappa shape index (κ3) is 9.07. The summed E-state index contributed by atoms with van der Waals surface area (Å²) >= 11 is 0. The van der Waals surface area contributed by atoms with Gasteiger partial charge in [0, 0.05) is 0 Å². The van der Waals surface area contributed by atoms with E-state index < -0.39 is 41.6 Å². The second kappa shape index (κ2) is 13.3. The monoisotopic (exact) mass is 414 g/mol. The number of amides is 2. The fraction of sp³-hybridized carbons (Fsp3) is 0.467. The lowest BCUT2D eigenvalue weighted by atomic mass is 10.2. The molecule has 4 N–H and O–H groups in total. The summed E-state index contributed by atoms with van der Waals surface area (Å²) in [7, 11) is 0. The van der Waals surface area contributed by atoms with Gasteiger partial charge in [0.15, 0.2) is 0 Å². The Morgan fingerprint density at radius 2 is 1.10 bits per heavy atom. The molecule has 0 spiro atoms. The van der Waals surface area contributed by atoms with Gasteiger partial charge in [-0.3, -0.25) is 9.59 Å². The maximum atomic E-state index is 11.7.